The summed E-state index contributed by atoms with van der Waals surface area (Å²) in [4.78, 5) is 15.0. The second kappa shape index (κ2) is 9.21. The Labute approximate surface area is 224 Å². The maximum atomic E-state index is 5.04. The van der Waals surface area contributed by atoms with Crippen LogP contribution in [0.3, 0.4) is 0 Å². The number of aromatic nitrogens is 4. The van der Waals surface area contributed by atoms with E-state index >= 15 is 0 Å². The fourth-order valence-corrected chi connectivity index (χ4v) is 4.98. The Bertz CT molecular complexity index is 1700. The predicted molar refractivity (Wildman–Crippen MR) is 158 cm³/mol. The van der Waals surface area contributed by atoms with Crippen LogP contribution in [0.1, 0.15) is 51.7 Å². The van der Waals surface area contributed by atoms with E-state index in [1.807, 2.05) is 60.7 Å². The summed E-state index contributed by atoms with van der Waals surface area (Å²) in [6, 6.07) is 33.8. The predicted octanol–water partition coefficient (Wildman–Crippen LogP) is 8.72. The number of rotatable bonds is 4. The van der Waals surface area contributed by atoms with Crippen molar-refractivity contribution in [1.29, 1.82) is 0 Å². The third-order valence-electron chi connectivity index (χ3n) is 7.21. The van der Waals surface area contributed by atoms with Crippen LogP contribution in [0, 0.1) is 0 Å². The van der Waals surface area contributed by atoms with Gasteiger partial charge < -0.3 is 0 Å². The summed E-state index contributed by atoms with van der Waals surface area (Å²) in [6.45, 7) is 11.3. The van der Waals surface area contributed by atoms with Crippen molar-refractivity contribution >= 4 is 21.8 Å². The zero-order valence-corrected chi connectivity index (χ0v) is 22.6. The third-order valence-corrected chi connectivity index (χ3v) is 7.21. The van der Waals surface area contributed by atoms with Crippen LogP contribution in [0.4, 0.5) is 0 Å². The molecule has 0 aliphatic rings. The summed E-state index contributed by atoms with van der Waals surface area (Å²) in [5.41, 5.74) is 6.80. The lowest BCUT2D eigenvalue weighted by molar-refractivity contribution is 0.591. The molecular weight excluding hydrogens is 464 g/mol. The highest BCUT2D eigenvalue weighted by Gasteiger charge is 2.21. The average Bonchev–Trinajstić information content (AvgIpc) is 3.26. The number of nitrogens with zero attached hydrogens (tertiary/aromatic N) is 4. The van der Waals surface area contributed by atoms with E-state index in [-0.39, 0.29) is 5.41 Å². The monoisotopic (exact) mass is 496 g/mol. The van der Waals surface area contributed by atoms with Crippen LogP contribution in [0.5, 0.6) is 0 Å². The Morgan fingerprint density at radius 2 is 1.13 bits per heavy atom. The van der Waals surface area contributed by atoms with Gasteiger partial charge in [0.2, 0.25) is 5.95 Å². The topological polar surface area (TPSA) is 43.6 Å². The van der Waals surface area contributed by atoms with Gasteiger partial charge in [0, 0.05) is 21.9 Å². The van der Waals surface area contributed by atoms with E-state index in [4.69, 9.17) is 15.0 Å². The molecule has 6 aromatic rings. The number of hydrogen-bond donors (Lipinski definition) is 0. The van der Waals surface area contributed by atoms with E-state index < -0.39 is 0 Å². The minimum absolute atomic E-state index is 0.0480. The first kappa shape index (κ1) is 24.1. The molecule has 4 aromatic carbocycles. The summed E-state index contributed by atoms with van der Waals surface area (Å²) < 4.78 is 2.20. The molecule has 2 heterocycles. The second-order valence-corrected chi connectivity index (χ2v) is 11.3. The molecule has 4 nitrogen and oxygen atoms in total. The van der Waals surface area contributed by atoms with Gasteiger partial charge in [-0.1, -0.05) is 107 Å². The van der Waals surface area contributed by atoms with Crippen LogP contribution in [0.15, 0.2) is 97.1 Å². The van der Waals surface area contributed by atoms with Crippen molar-refractivity contribution in [2.75, 3.05) is 0 Å². The maximum absolute atomic E-state index is 5.04. The van der Waals surface area contributed by atoms with E-state index in [1.54, 1.807) is 0 Å². The molecule has 4 heteroatoms. The van der Waals surface area contributed by atoms with Crippen molar-refractivity contribution in [3.8, 4) is 28.7 Å². The normalized spacial score (nSPS) is 12.1. The van der Waals surface area contributed by atoms with Gasteiger partial charge in [-0.15, -0.1) is 0 Å². The maximum Gasteiger partial charge on any atom is 0.238 e. The van der Waals surface area contributed by atoms with E-state index in [1.165, 1.54) is 21.9 Å². The smallest absolute Gasteiger partial charge is 0.238 e. The standard InChI is InChI=1S/C34H32N4/c1-22(2)25-16-18-29-27(20-25)28-21-26(34(3,4)5)17-19-30(28)38(29)33-36-31(23-12-8-6-9-13-23)35-32(37-33)24-14-10-7-11-15-24/h6-22H,1-5H3. The number of benzene rings is 4. The molecule has 6 rings (SSSR count). The van der Waals surface area contributed by atoms with E-state index in [2.05, 4.69) is 75.6 Å². The molecule has 188 valence electrons. The first-order valence-corrected chi connectivity index (χ1v) is 13.3. The van der Waals surface area contributed by atoms with Crippen molar-refractivity contribution in [3.63, 3.8) is 0 Å². The van der Waals surface area contributed by atoms with Gasteiger partial charge in [0.05, 0.1) is 11.0 Å². The summed E-state index contributed by atoms with van der Waals surface area (Å²) in [5.74, 6) is 2.39. The van der Waals surface area contributed by atoms with Gasteiger partial charge in [-0.2, -0.15) is 9.97 Å². The molecule has 0 aliphatic heterocycles. The fraction of sp³-hybridized carbons (Fsp3) is 0.206. The molecule has 0 aliphatic carbocycles. The largest absolute Gasteiger partial charge is 0.278 e. The minimum atomic E-state index is 0.0480. The van der Waals surface area contributed by atoms with Gasteiger partial charge in [-0.25, -0.2) is 4.98 Å². The summed E-state index contributed by atoms with van der Waals surface area (Å²) in [6.07, 6.45) is 0. The lowest BCUT2D eigenvalue weighted by atomic mass is 9.86. The van der Waals surface area contributed by atoms with Crippen LogP contribution >= 0.6 is 0 Å². The van der Waals surface area contributed by atoms with Gasteiger partial charge in [-0.3, -0.25) is 4.57 Å². The first-order chi connectivity index (χ1) is 18.3. The van der Waals surface area contributed by atoms with Gasteiger partial charge in [-0.05, 0) is 46.7 Å². The highest BCUT2D eigenvalue weighted by Crippen LogP contribution is 2.36. The molecule has 0 N–H and O–H groups in total. The van der Waals surface area contributed by atoms with E-state index in [0.717, 1.165) is 22.2 Å². The molecule has 0 amide bonds. The van der Waals surface area contributed by atoms with Crippen molar-refractivity contribution in [2.24, 2.45) is 0 Å². The highest BCUT2D eigenvalue weighted by atomic mass is 15.2. The molecule has 0 saturated heterocycles. The average molecular weight is 497 g/mol. The molecule has 38 heavy (non-hydrogen) atoms. The molecule has 0 bridgehead atoms. The number of hydrogen-bond acceptors (Lipinski definition) is 3. The Morgan fingerprint density at radius 3 is 1.66 bits per heavy atom. The molecule has 0 unspecified atom stereocenters. The second-order valence-electron chi connectivity index (χ2n) is 11.3. The van der Waals surface area contributed by atoms with E-state index in [0.29, 0.717) is 23.5 Å². The first-order valence-electron chi connectivity index (χ1n) is 13.3. The van der Waals surface area contributed by atoms with Crippen LogP contribution in [-0.4, -0.2) is 19.5 Å². The van der Waals surface area contributed by atoms with Gasteiger partial charge >= 0.3 is 0 Å². The molecule has 0 fully saturated rings. The van der Waals surface area contributed by atoms with Crippen molar-refractivity contribution in [3.05, 3.63) is 108 Å². The highest BCUT2D eigenvalue weighted by molar-refractivity contribution is 6.09. The molecule has 0 spiro atoms. The van der Waals surface area contributed by atoms with Crippen LogP contribution in [0.25, 0.3) is 50.5 Å². The van der Waals surface area contributed by atoms with Crippen LogP contribution in [-0.2, 0) is 5.41 Å². The Hall–Kier alpha value is -4.31. The van der Waals surface area contributed by atoms with Gasteiger partial charge in [0.15, 0.2) is 11.6 Å². The summed E-state index contributed by atoms with van der Waals surface area (Å²) in [7, 11) is 0. The minimum Gasteiger partial charge on any atom is -0.278 e. The molecule has 2 aromatic heterocycles. The fourth-order valence-electron chi connectivity index (χ4n) is 4.98. The zero-order chi connectivity index (χ0) is 26.4. The van der Waals surface area contributed by atoms with Crippen LogP contribution in [0.2, 0.25) is 0 Å². The number of fused-ring (bicyclic) bond motifs is 3. The Balaban J connectivity index is 1.69. The molecule has 0 saturated carbocycles. The third kappa shape index (κ3) is 4.26. The summed E-state index contributed by atoms with van der Waals surface area (Å²) >= 11 is 0. The van der Waals surface area contributed by atoms with E-state index in [9.17, 15) is 0 Å². The Morgan fingerprint density at radius 1 is 0.605 bits per heavy atom. The lowest BCUT2D eigenvalue weighted by Crippen LogP contribution is -2.10. The lowest BCUT2D eigenvalue weighted by Gasteiger charge is -2.19. The van der Waals surface area contributed by atoms with Gasteiger partial charge in [0.25, 0.3) is 0 Å². The molecular formula is C34H32N4. The molecule has 0 atom stereocenters. The molecule has 0 radical (unpaired) electrons. The van der Waals surface area contributed by atoms with Gasteiger partial charge in [0.1, 0.15) is 0 Å². The quantitative estimate of drug-likeness (QED) is 0.245. The van der Waals surface area contributed by atoms with Crippen molar-refractivity contribution in [1.82, 2.24) is 19.5 Å². The SMILES string of the molecule is CC(C)c1ccc2c(c1)c1cc(C(C)(C)C)ccc1n2-c1nc(-c2ccccc2)nc(-c2ccccc2)n1. The zero-order valence-electron chi connectivity index (χ0n) is 22.6. The summed E-state index contributed by atoms with van der Waals surface area (Å²) in [5, 5.41) is 2.44. The van der Waals surface area contributed by atoms with Crippen molar-refractivity contribution in [2.45, 2.75) is 46.0 Å². The Kier molecular flexibility index (Phi) is 5.83. The van der Waals surface area contributed by atoms with Crippen molar-refractivity contribution < 1.29 is 0 Å². The van der Waals surface area contributed by atoms with Crippen LogP contribution < -0.4 is 0 Å².